The molecule has 0 atom stereocenters. The number of pyridine rings is 1. The number of nitrogens with zero attached hydrogens (tertiary/aromatic N) is 4. The van der Waals surface area contributed by atoms with Gasteiger partial charge in [-0.1, -0.05) is 0 Å². The van der Waals surface area contributed by atoms with Crippen LogP contribution in [-0.4, -0.2) is 40.5 Å². The number of aliphatic hydroxyl groups is 1. The molecular weight excluding hydrogens is 418 g/mol. The molecule has 5 rings (SSSR count). The van der Waals surface area contributed by atoms with E-state index in [1.165, 1.54) is 0 Å². The molecule has 1 aromatic carbocycles. The molecule has 8 heteroatoms. The number of nitrogens with one attached hydrogen (secondary N) is 1. The molecule has 2 aromatic heterocycles. The van der Waals surface area contributed by atoms with Crippen molar-refractivity contribution in [2.75, 3.05) is 24.3 Å². The molecule has 0 radical (unpaired) electrons. The molecule has 8 nitrogen and oxygen atoms in total. The van der Waals surface area contributed by atoms with Crippen LogP contribution in [0.1, 0.15) is 67.7 Å². The highest BCUT2D eigenvalue weighted by atomic mass is 16.5. The first-order valence-corrected chi connectivity index (χ1v) is 11.6. The summed E-state index contributed by atoms with van der Waals surface area (Å²) >= 11 is 0. The fourth-order valence-corrected chi connectivity index (χ4v) is 4.67. The van der Waals surface area contributed by atoms with Crippen LogP contribution < -0.4 is 14.9 Å². The number of hydrogen-bond donors (Lipinski definition) is 2. The van der Waals surface area contributed by atoms with Gasteiger partial charge in [0.25, 0.3) is 5.69 Å². The molecule has 2 N–H and O–H groups in total. The van der Waals surface area contributed by atoms with Crippen molar-refractivity contribution < 1.29 is 14.6 Å². The van der Waals surface area contributed by atoms with Crippen LogP contribution in [0.2, 0.25) is 0 Å². The molecule has 0 bridgehead atoms. The lowest BCUT2D eigenvalue weighted by Gasteiger charge is -2.42. The number of aromatic nitrogens is 3. The van der Waals surface area contributed by atoms with E-state index in [4.69, 9.17) is 5.10 Å². The third-order valence-corrected chi connectivity index (χ3v) is 7.06. The Kier molecular flexibility index (Phi) is 5.08. The number of benzene rings is 1. The van der Waals surface area contributed by atoms with E-state index in [1.54, 1.807) is 18.2 Å². The summed E-state index contributed by atoms with van der Waals surface area (Å²) in [6, 6.07) is 9.28. The third-order valence-electron chi connectivity index (χ3n) is 7.06. The number of hydrogen-bond acceptors (Lipinski definition) is 5. The molecule has 174 valence electrons. The van der Waals surface area contributed by atoms with Gasteiger partial charge in [-0.3, -0.25) is 9.48 Å². The number of carbonyl (C=O) groups excluding carboxylic acids is 1. The van der Waals surface area contributed by atoms with E-state index in [9.17, 15) is 15.1 Å². The first-order valence-electron chi connectivity index (χ1n) is 11.6. The van der Waals surface area contributed by atoms with Gasteiger partial charge in [0.1, 0.15) is 0 Å². The summed E-state index contributed by atoms with van der Waals surface area (Å²) in [5.41, 5.74) is 2.40. The van der Waals surface area contributed by atoms with Crippen LogP contribution in [0.3, 0.4) is 0 Å². The molecule has 0 unspecified atom stereocenters. The second kappa shape index (κ2) is 7.73. The molecule has 3 aromatic rings. The number of rotatable bonds is 6. The molecule has 2 fully saturated rings. The van der Waals surface area contributed by atoms with Gasteiger partial charge in [-0.2, -0.15) is 9.83 Å². The van der Waals surface area contributed by atoms with Crippen molar-refractivity contribution in [2.45, 2.75) is 57.1 Å². The van der Waals surface area contributed by atoms with Crippen molar-refractivity contribution in [1.29, 1.82) is 0 Å². The first kappa shape index (κ1) is 21.7. The quantitative estimate of drug-likeness (QED) is 0.443. The Morgan fingerprint density at radius 3 is 2.64 bits per heavy atom. The first-order chi connectivity index (χ1) is 15.6. The van der Waals surface area contributed by atoms with Crippen molar-refractivity contribution in [3.05, 3.63) is 53.1 Å². The molecule has 0 spiro atoms. The van der Waals surface area contributed by atoms with Gasteiger partial charge in [0.15, 0.2) is 5.69 Å². The molecule has 0 saturated heterocycles. The normalized spacial score (nSPS) is 20.5. The second-order valence-corrected chi connectivity index (χ2v) is 10.3. The van der Waals surface area contributed by atoms with E-state index in [-0.39, 0.29) is 23.6 Å². The van der Waals surface area contributed by atoms with Crippen LogP contribution >= 0.6 is 0 Å². The van der Waals surface area contributed by atoms with Crippen LogP contribution in [0.4, 0.5) is 11.4 Å². The number of carbonyl (C=O) groups is 1. The van der Waals surface area contributed by atoms with Crippen molar-refractivity contribution >= 4 is 28.2 Å². The minimum Gasteiger partial charge on any atom is -0.618 e. The van der Waals surface area contributed by atoms with E-state index >= 15 is 0 Å². The maximum absolute atomic E-state index is 13.0. The number of anilines is 2. The van der Waals surface area contributed by atoms with E-state index < -0.39 is 11.5 Å². The minimum atomic E-state index is -0.673. The van der Waals surface area contributed by atoms with E-state index in [0.29, 0.717) is 11.4 Å². The fraction of sp³-hybridized carbons (Fsp3) is 0.480. The molecule has 2 saturated carbocycles. The Balaban J connectivity index is 1.42. The maximum atomic E-state index is 13.0. The van der Waals surface area contributed by atoms with Crippen LogP contribution in [0, 0.1) is 11.1 Å². The predicted molar refractivity (Wildman–Crippen MR) is 127 cm³/mol. The molecule has 2 aliphatic rings. The highest BCUT2D eigenvalue weighted by Gasteiger charge is 2.40. The lowest BCUT2D eigenvalue weighted by atomic mass is 9.71. The smallest absolute Gasteiger partial charge is 0.321 e. The Hall–Kier alpha value is -3.13. The van der Waals surface area contributed by atoms with E-state index in [1.807, 2.05) is 55.9 Å². The second-order valence-electron chi connectivity index (χ2n) is 10.3. The van der Waals surface area contributed by atoms with E-state index in [2.05, 4.69) is 5.32 Å². The molecular formula is C25H31N5O3. The van der Waals surface area contributed by atoms with Gasteiger partial charge in [-0.15, -0.1) is 0 Å². The predicted octanol–water partition coefficient (Wildman–Crippen LogP) is 3.59. The molecule has 1 amide bonds. The highest BCUT2D eigenvalue weighted by molar-refractivity contribution is 6.05. The third kappa shape index (κ3) is 4.04. The van der Waals surface area contributed by atoms with Crippen LogP contribution in [0.25, 0.3) is 10.9 Å². The molecule has 2 aliphatic carbocycles. The van der Waals surface area contributed by atoms with Crippen LogP contribution in [0.5, 0.6) is 0 Å². The van der Waals surface area contributed by atoms with Crippen LogP contribution in [0.15, 0.2) is 36.5 Å². The molecule has 33 heavy (non-hydrogen) atoms. The van der Waals surface area contributed by atoms with Gasteiger partial charge in [-0.25, -0.2) is 0 Å². The Bertz CT molecular complexity index is 1220. The maximum Gasteiger partial charge on any atom is 0.321 e. The fourth-order valence-electron chi connectivity index (χ4n) is 4.67. The van der Waals surface area contributed by atoms with Crippen molar-refractivity contribution in [3.8, 4) is 0 Å². The lowest BCUT2D eigenvalue weighted by Crippen LogP contribution is -2.41. The zero-order chi connectivity index (χ0) is 23.5. The Morgan fingerprint density at radius 2 is 2.00 bits per heavy atom. The zero-order valence-corrected chi connectivity index (χ0v) is 19.6. The van der Waals surface area contributed by atoms with Gasteiger partial charge >= 0.3 is 5.91 Å². The minimum absolute atomic E-state index is 0.104. The van der Waals surface area contributed by atoms with Gasteiger partial charge < -0.3 is 20.5 Å². The summed E-state index contributed by atoms with van der Waals surface area (Å²) in [6.07, 6.45) is 5.77. The van der Waals surface area contributed by atoms with Crippen molar-refractivity contribution in [3.63, 3.8) is 0 Å². The zero-order valence-electron chi connectivity index (χ0n) is 19.6. The summed E-state index contributed by atoms with van der Waals surface area (Å²) < 4.78 is 2.75. The SMILES string of the molecule is CN(C)c1cc2nn(C3CC(C(C)(C)O)C3)cc2cc1NC(=O)c1cccc(C2CC2)[n+]1[O-]. The van der Waals surface area contributed by atoms with Crippen molar-refractivity contribution in [2.24, 2.45) is 5.92 Å². The van der Waals surface area contributed by atoms with Gasteiger partial charge in [0.05, 0.1) is 28.5 Å². The average molecular weight is 450 g/mol. The summed E-state index contributed by atoms with van der Waals surface area (Å²) in [4.78, 5) is 15.0. The van der Waals surface area contributed by atoms with Crippen molar-refractivity contribution in [1.82, 2.24) is 9.78 Å². The number of amides is 1. The van der Waals surface area contributed by atoms with Gasteiger partial charge in [0.2, 0.25) is 0 Å². The van der Waals surface area contributed by atoms with Gasteiger partial charge in [-0.05, 0) is 63.6 Å². The lowest BCUT2D eigenvalue weighted by molar-refractivity contribution is -0.616. The van der Waals surface area contributed by atoms with Gasteiger partial charge in [0, 0.05) is 43.7 Å². The highest BCUT2D eigenvalue weighted by Crippen LogP contribution is 2.44. The Labute approximate surface area is 193 Å². The average Bonchev–Trinajstić information content (AvgIpc) is 3.45. The summed E-state index contributed by atoms with van der Waals surface area (Å²) in [5, 5.41) is 31.6. The Morgan fingerprint density at radius 1 is 1.27 bits per heavy atom. The topological polar surface area (TPSA) is 97.3 Å². The summed E-state index contributed by atoms with van der Waals surface area (Å²) in [5.74, 6) is 0.110. The standard InChI is InChI=1S/C25H31N5O3/c1-25(2,32)17-11-18(12-17)29-14-16-10-20(23(28(3)4)13-19(16)27-29)26-24(31)22-7-5-6-21(30(22)33)15-8-9-15/h5-7,10,13-15,17-18,32H,8-9,11-12H2,1-4H3,(H,26,31). The summed E-state index contributed by atoms with van der Waals surface area (Å²) in [7, 11) is 3.82. The van der Waals surface area contributed by atoms with Crippen LogP contribution in [-0.2, 0) is 0 Å². The van der Waals surface area contributed by atoms with E-state index in [0.717, 1.165) is 47.0 Å². The largest absolute Gasteiger partial charge is 0.618 e. The molecule has 0 aliphatic heterocycles. The summed E-state index contributed by atoms with van der Waals surface area (Å²) in [6.45, 7) is 3.72. The number of fused-ring (bicyclic) bond motifs is 1. The monoisotopic (exact) mass is 449 g/mol. The molecule has 2 heterocycles.